The molecule has 1 heterocycles. The number of azo groups is 1. The minimum Gasteiger partial charge on any atom is -0.362 e. The Morgan fingerprint density at radius 3 is 2.56 bits per heavy atom. The van der Waals surface area contributed by atoms with Gasteiger partial charge in [-0.15, -0.1) is 3.89 Å². The van der Waals surface area contributed by atoms with E-state index in [-0.39, 0.29) is 16.8 Å². The second-order valence-corrected chi connectivity index (χ2v) is 7.96. The fourth-order valence-electron chi connectivity index (χ4n) is 2.83. The Morgan fingerprint density at radius 2 is 1.89 bits per heavy atom. The van der Waals surface area contributed by atoms with Gasteiger partial charge in [-0.3, -0.25) is 0 Å². The molecule has 1 saturated heterocycles. The molecule has 1 fully saturated rings. The molecule has 144 valence electrons. The van der Waals surface area contributed by atoms with Crippen LogP contribution in [0.25, 0.3) is 0 Å². The molecule has 10 heteroatoms. The van der Waals surface area contributed by atoms with Crippen LogP contribution in [-0.4, -0.2) is 33.8 Å². The SMILES string of the molecule is CC1C(N=Nc2ccc(Cl)c(Cl)c2S(=O)(=O)F)OCCN1c1ccccc1. The van der Waals surface area contributed by atoms with Crippen molar-refractivity contribution in [3.63, 3.8) is 0 Å². The van der Waals surface area contributed by atoms with Gasteiger partial charge in [-0.1, -0.05) is 41.4 Å². The lowest BCUT2D eigenvalue weighted by Gasteiger charge is -2.38. The number of rotatable bonds is 4. The van der Waals surface area contributed by atoms with Gasteiger partial charge >= 0.3 is 10.2 Å². The van der Waals surface area contributed by atoms with Crippen LogP contribution in [0.2, 0.25) is 10.0 Å². The molecule has 2 atom stereocenters. The molecule has 0 amide bonds. The predicted octanol–water partition coefficient (Wildman–Crippen LogP) is 4.99. The average molecular weight is 432 g/mol. The van der Waals surface area contributed by atoms with Gasteiger partial charge in [0.05, 0.1) is 22.7 Å². The molecule has 3 rings (SSSR count). The number of hydrogen-bond acceptors (Lipinski definition) is 6. The van der Waals surface area contributed by atoms with Crippen molar-refractivity contribution in [3.05, 3.63) is 52.5 Å². The maximum atomic E-state index is 13.6. The van der Waals surface area contributed by atoms with Crippen molar-refractivity contribution in [1.82, 2.24) is 0 Å². The minimum atomic E-state index is -5.13. The van der Waals surface area contributed by atoms with Crippen LogP contribution in [0.4, 0.5) is 15.3 Å². The number of morpholine rings is 1. The summed E-state index contributed by atoms with van der Waals surface area (Å²) in [5, 5.41) is 7.45. The third kappa shape index (κ3) is 4.40. The molecule has 1 aliphatic heterocycles. The van der Waals surface area contributed by atoms with E-state index in [4.69, 9.17) is 27.9 Å². The van der Waals surface area contributed by atoms with E-state index in [1.54, 1.807) is 0 Å². The van der Waals surface area contributed by atoms with Gasteiger partial charge in [0.1, 0.15) is 10.6 Å². The molecule has 0 spiro atoms. The molecule has 1 aliphatic rings. The highest BCUT2D eigenvalue weighted by atomic mass is 35.5. The highest BCUT2D eigenvalue weighted by molar-refractivity contribution is 7.86. The molecule has 0 bridgehead atoms. The van der Waals surface area contributed by atoms with Gasteiger partial charge in [-0.05, 0) is 31.2 Å². The van der Waals surface area contributed by atoms with Crippen molar-refractivity contribution in [1.29, 1.82) is 0 Å². The first kappa shape index (κ1) is 20.0. The van der Waals surface area contributed by atoms with Crippen LogP contribution in [0.3, 0.4) is 0 Å². The van der Waals surface area contributed by atoms with Crippen LogP contribution in [0, 0.1) is 0 Å². The molecular weight excluding hydrogens is 416 g/mol. The zero-order valence-electron chi connectivity index (χ0n) is 14.2. The molecular formula is C17H16Cl2FN3O3S. The summed E-state index contributed by atoms with van der Waals surface area (Å²) in [5.74, 6) is 0. The van der Waals surface area contributed by atoms with Gasteiger partial charge < -0.3 is 9.64 Å². The van der Waals surface area contributed by atoms with Crippen molar-refractivity contribution >= 4 is 44.8 Å². The molecule has 2 aromatic rings. The van der Waals surface area contributed by atoms with E-state index in [2.05, 4.69) is 15.1 Å². The summed E-state index contributed by atoms with van der Waals surface area (Å²) in [5.41, 5.74) is 0.773. The van der Waals surface area contributed by atoms with Crippen molar-refractivity contribution < 1.29 is 17.0 Å². The Balaban J connectivity index is 1.89. The summed E-state index contributed by atoms with van der Waals surface area (Å²) in [4.78, 5) is 1.30. The quantitative estimate of drug-likeness (QED) is 0.504. The molecule has 6 nitrogen and oxygen atoms in total. The number of benzene rings is 2. The van der Waals surface area contributed by atoms with E-state index in [1.165, 1.54) is 12.1 Å². The summed E-state index contributed by atoms with van der Waals surface area (Å²) in [6, 6.07) is 12.1. The lowest BCUT2D eigenvalue weighted by atomic mass is 10.2. The van der Waals surface area contributed by atoms with Gasteiger partial charge in [-0.2, -0.15) is 18.6 Å². The first-order valence-corrected chi connectivity index (χ1v) is 10.2. The number of para-hydroxylation sites is 1. The number of anilines is 1. The van der Waals surface area contributed by atoms with E-state index in [1.807, 2.05) is 37.3 Å². The number of nitrogens with zero attached hydrogens (tertiary/aromatic N) is 3. The topological polar surface area (TPSA) is 71.3 Å². The van der Waals surface area contributed by atoms with Crippen LogP contribution in [0.15, 0.2) is 57.6 Å². The van der Waals surface area contributed by atoms with Crippen molar-refractivity contribution in [2.24, 2.45) is 10.2 Å². The minimum absolute atomic E-state index is 0.0932. The molecule has 0 saturated carbocycles. The Labute approximate surface area is 166 Å². The van der Waals surface area contributed by atoms with Gasteiger partial charge in [-0.25, -0.2) is 0 Å². The normalized spacial score (nSPS) is 21.0. The maximum Gasteiger partial charge on any atom is 0.335 e. The maximum absolute atomic E-state index is 13.6. The third-order valence-corrected chi connectivity index (χ3v) is 5.98. The summed E-state index contributed by atoms with van der Waals surface area (Å²) in [7, 11) is -5.13. The second-order valence-electron chi connectivity index (χ2n) is 5.89. The van der Waals surface area contributed by atoms with Crippen molar-refractivity contribution in [2.75, 3.05) is 18.1 Å². The van der Waals surface area contributed by atoms with Crippen LogP contribution >= 0.6 is 23.2 Å². The van der Waals surface area contributed by atoms with E-state index >= 15 is 0 Å². The standard InChI is InChI=1S/C17H16Cl2FN3O3S/c1-11-17(26-10-9-23(11)12-5-3-2-4-6-12)22-21-14-8-7-13(18)15(19)16(14)27(20,24)25/h2-8,11,17H,9-10H2,1H3. The predicted molar refractivity (Wildman–Crippen MR) is 102 cm³/mol. The Bertz CT molecular complexity index is 957. The van der Waals surface area contributed by atoms with Crippen molar-refractivity contribution in [2.45, 2.75) is 24.1 Å². The number of ether oxygens (including phenoxy) is 1. The zero-order chi connectivity index (χ0) is 19.6. The molecule has 2 aromatic carbocycles. The van der Waals surface area contributed by atoms with Crippen LogP contribution in [0.1, 0.15) is 6.92 Å². The van der Waals surface area contributed by atoms with E-state index < -0.39 is 26.4 Å². The lowest BCUT2D eigenvalue weighted by Crippen LogP contribution is -2.49. The van der Waals surface area contributed by atoms with Crippen LogP contribution in [-0.2, 0) is 15.0 Å². The zero-order valence-corrected chi connectivity index (χ0v) is 16.5. The molecule has 0 aromatic heterocycles. The number of halogens is 3. The van der Waals surface area contributed by atoms with Gasteiger partial charge in [0.2, 0.25) is 0 Å². The summed E-state index contributed by atoms with van der Waals surface area (Å²) in [6.45, 7) is 3.00. The fourth-order valence-corrected chi connectivity index (χ4v) is 4.17. The lowest BCUT2D eigenvalue weighted by molar-refractivity contribution is 0.0177. The smallest absolute Gasteiger partial charge is 0.335 e. The Kier molecular flexibility index (Phi) is 6.00. The molecule has 0 N–H and O–H groups in total. The summed E-state index contributed by atoms with van der Waals surface area (Å²) in [6.07, 6.45) is -0.663. The average Bonchev–Trinajstić information content (AvgIpc) is 2.63. The first-order valence-electron chi connectivity index (χ1n) is 8.06. The first-order chi connectivity index (χ1) is 12.8. The molecule has 2 unspecified atom stereocenters. The fraction of sp³-hybridized carbons (Fsp3) is 0.294. The monoisotopic (exact) mass is 431 g/mol. The summed E-state index contributed by atoms with van der Waals surface area (Å²) < 4.78 is 42.1. The highest BCUT2D eigenvalue weighted by Crippen LogP contribution is 2.38. The second kappa shape index (κ2) is 8.10. The van der Waals surface area contributed by atoms with Gasteiger partial charge in [0.15, 0.2) is 6.23 Å². The largest absolute Gasteiger partial charge is 0.362 e. The Morgan fingerprint density at radius 1 is 1.19 bits per heavy atom. The van der Waals surface area contributed by atoms with Crippen LogP contribution < -0.4 is 4.90 Å². The molecule has 0 radical (unpaired) electrons. The van der Waals surface area contributed by atoms with Gasteiger partial charge in [0.25, 0.3) is 0 Å². The van der Waals surface area contributed by atoms with E-state index in [0.717, 1.165) is 5.69 Å². The third-order valence-electron chi connectivity index (χ3n) is 4.17. The highest BCUT2D eigenvalue weighted by Gasteiger charge is 2.30. The van der Waals surface area contributed by atoms with E-state index in [0.29, 0.717) is 13.2 Å². The van der Waals surface area contributed by atoms with Gasteiger partial charge in [0, 0.05) is 12.2 Å². The number of hydrogen-bond donors (Lipinski definition) is 0. The molecule has 27 heavy (non-hydrogen) atoms. The summed E-state index contributed by atoms with van der Waals surface area (Å²) >= 11 is 11.6. The molecule has 0 aliphatic carbocycles. The Hall–Kier alpha value is -1.74. The van der Waals surface area contributed by atoms with E-state index in [9.17, 15) is 12.3 Å². The van der Waals surface area contributed by atoms with Crippen molar-refractivity contribution in [3.8, 4) is 0 Å². The van der Waals surface area contributed by atoms with Crippen LogP contribution in [0.5, 0.6) is 0 Å².